The molecule has 0 fully saturated rings. The Kier molecular flexibility index (Phi) is 5.76. The van der Waals surface area contributed by atoms with Crippen LogP contribution in [0.1, 0.15) is 50.7 Å². The number of benzene rings is 3. The fraction of sp³-hybridized carbons (Fsp3) is 0.333. The molecule has 0 unspecified atom stereocenters. The van der Waals surface area contributed by atoms with Gasteiger partial charge in [0.2, 0.25) is 0 Å². The maximum atomic E-state index is 2.44. The molecule has 0 aliphatic carbocycles. The summed E-state index contributed by atoms with van der Waals surface area (Å²) in [5.74, 6) is 0.912. The van der Waals surface area contributed by atoms with E-state index < -0.39 is 0 Å². The lowest BCUT2D eigenvalue weighted by Crippen LogP contribution is -2.25. The minimum absolute atomic E-state index is 0.456. The monoisotopic (exact) mass is 452 g/mol. The van der Waals surface area contributed by atoms with Crippen molar-refractivity contribution in [3.8, 4) is 11.1 Å². The summed E-state index contributed by atoms with van der Waals surface area (Å²) >= 11 is 0. The summed E-state index contributed by atoms with van der Waals surface area (Å²) < 4.78 is 0. The van der Waals surface area contributed by atoms with Crippen LogP contribution in [0.2, 0.25) is 0 Å². The molecule has 0 amide bonds. The fourth-order valence-electron chi connectivity index (χ4n) is 5.24. The molecular weight excluding hydrogens is 416 g/mol. The van der Waals surface area contributed by atoms with Crippen LogP contribution in [0.25, 0.3) is 11.1 Å². The summed E-state index contributed by atoms with van der Waals surface area (Å²) in [6, 6.07) is 22.7. The molecule has 2 heterocycles. The van der Waals surface area contributed by atoms with Crippen LogP contribution in [0.4, 0.5) is 22.7 Å². The number of rotatable bonds is 5. The molecule has 0 aromatic heterocycles. The Hall–Kier alpha value is -3.40. The second-order valence-corrected chi connectivity index (χ2v) is 10.3. The first-order valence-corrected chi connectivity index (χ1v) is 12.3. The molecule has 0 radical (unpaired) electrons. The molecule has 4 nitrogen and oxygen atoms in total. The topological polar surface area (TPSA) is 13.0 Å². The molecule has 3 aromatic rings. The first-order valence-electron chi connectivity index (χ1n) is 12.3. The van der Waals surface area contributed by atoms with Crippen molar-refractivity contribution in [1.29, 1.82) is 0 Å². The van der Waals surface area contributed by atoms with Gasteiger partial charge in [-0.05, 0) is 64.4 Å². The first kappa shape index (κ1) is 22.4. The Labute approximate surface area is 204 Å². The van der Waals surface area contributed by atoms with Gasteiger partial charge in [0.15, 0.2) is 0 Å². The van der Waals surface area contributed by atoms with Crippen LogP contribution in [0, 0.1) is 0 Å². The lowest BCUT2D eigenvalue weighted by atomic mass is 9.84. The van der Waals surface area contributed by atoms with Crippen LogP contribution < -0.4 is 14.7 Å². The largest absolute Gasteiger partial charge is 0.361 e. The number of para-hydroxylation sites is 2. The molecule has 34 heavy (non-hydrogen) atoms. The molecule has 0 bridgehead atoms. The number of fused-ring (bicyclic) bond motifs is 1. The molecule has 5 rings (SSSR count). The van der Waals surface area contributed by atoms with Crippen molar-refractivity contribution >= 4 is 22.7 Å². The van der Waals surface area contributed by atoms with Gasteiger partial charge in [0, 0.05) is 37.9 Å². The van der Waals surface area contributed by atoms with Gasteiger partial charge in [0.25, 0.3) is 0 Å². The van der Waals surface area contributed by atoms with Gasteiger partial charge in [0.1, 0.15) is 0 Å². The average Bonchev–Trinajstić information content (AvgIpc) is 3.41. The zero-order valence-corrected chi connectivity index (χ0v) is 21.3. The van der Waals surface area contributed by atoms with E-state index in [1.807, 2.05) is 0 Å². The Balaban J connectivity index is 1.72. The van der Waals surface area contributed by atoms with E-state index in [9.17, 15) is 0 Å². The third-order valence-corrected chi connectivity index (χ3v) is 7.02. The van der Waals surface area contributed by atoms with E-state index in [4.69, 9.17) is 0 Å². The summed E-state index contributed by atoms with van der Waals surface area (Å²) in [5.41, 5.74) is 10.5. The molecule has 2 aliphatic heterocycles. The van der Waals surface area contributed by atoms with E-state index >= 15 is 0 Å². The zero-order chi connectivity index (χ0) is 24.0. The van der Waals surface area contributed by atoms with Crippen LogP contribution >= 0.6 is 0 Å². The highest BCUT2D eigenvalue weighted by molar-refractivity contribution is 5.86. The van der Waals surface area contributed by atoms with Crippen LogP contribution in [-0.2, 0) is 0 Å². The highest BCUT2D eigenvalue weighted by Crippen LogP contribution is 2.44. The van der Waals surface area contributed by atoms with Crippen LogP contribution in [0.5, 0.6) is 0 Å². The fourth-order valence-corrected chi connectivity index (χ4v) is 5.24. The maximum Gasteiger partial charge on any atom is 0.0950 e. The third-order valence-electron chi connectivity index (χ3n) is 7.02. The Morgan fingerprint density at radius 3 is 1.94 bits per heavy atom. The molecule has 0 atom stereocenters. The van der Waals surface area contributed by atoms with Crippen molar-refractivity contribution < 1.29 is 0 Å². The number of hydrogen-bond donors (Lipinski definition) is 0. The second kappa shape index (κ2) is 8.75. The molecule has 176 valence electrons. The van der Waals surface area contributed by atoms with Crippen molar-refractivity contribution in [2.24, 2.45) is 0 Å². The van der Waals surface area contributed by atoms with E-state index in [-0.39, 0.29) is 0 Å². The third kappa shape index (κ3) is 3.91. The van der Waals surface area contributed by atoms with Crippen molar-refractivity contribution in [3.63, 3.8) is 0 Å². The molecule has 0 N–H and O–H groups in total. The summed E-state index contributed by atoms with van der Waals surface area (Å²) in [5, 5.41) is 0. The van der Waals surface area contributed by atoms with Crippen molar-refractivity contribution in [1.82, 2.24) is 4.90 Å². The highest BCUT2D eigenvalue weighted by Gasteiger charge is 2.26. The average molecular weight is 453 g/mol. The van der Waals surface area contributed by atoms with Gasteiger partial charge in [-0.1, -0.05) is 58.0 Å². The minimum Gasteiger partial charge on any atom is -0.361 e. The van der Waals surface area contributed by atoms with E-state index in [1.165, 1.54) is 45.0 Å². The molecular formula is C30H36N4. The normalized spacial score (nSPS) is 15.3. The zero-order valence-electron chi connectivity index (χ0n) is 21.3. The van der Waals surface area contributed by atoms with Gasteiger partial charge in [-0.25, -0.2) is 0 Å². The van der Waals surface area contributed by atoms with Crippen LogP contribution in [0.15, 0.2) is 73.1 Å². The van der Waals surface area contributed by atoms with Gasteiger partial charge in [-0.2, -0.15) is 0 Å². The standard InChI is InChI=1S/C30H36N4/c1-21(2)26-10-9-11-27(22(3)4)30(26)23-16-24(33-15-14-31(5)19-33)18-25(17-23)34-20-32(6)28-12-7-8-13-29(28)34/h7-18,21-22H,19-20H2,1-6H3. The number of nitrogens with zero attached hydrogens (tertiary/aromatic N) is 4. The number of hydrogen-bond acceptors (Lipinski definition) is 4. The van der Waals surface area contributed by atoms with E-state index in [2.05, 4.69) is 134 Å². The van der Waals surface area contributed by atoms with Gasteiger partial charge in [-0.15, -0.1) is 0 Å². The first-order chi connectivity index (χ1) is 16.3. The summed E-state index contributed by atoms with van der Waals surface area (Å²) in [4.78, 5) is 9.32. The SMILES string of the molecule is CC(C)c1cccc(C(C)C)c1-c1cc(N2C=CN(C)C2)cc(N2CN(C)c3ccccc32)c1. The van der Waals surface area contributed by atoms with Gasteiger partial charge in [0.05, 0.1) is 24.7 Å². The lowest BCUT2D eigenvalue weighted by Gasteiger charge is -2.26. The molecule has 4 heteroatoms. The quantitative estimate of drug-likeness (QED) is 0.402. The summed E-state index contributed by atoms with van der Waals surface area (Å²) in [7, 11) is 4.30. The number of anilines is 4. The van der Waals surface area contributed by atoms with E-state index in [1.54, 1.807) is 0 Å². The Morgan fingerprint density at radius 1 is 0.676 bits per heavy atom. The van der Waals surface area contributed by atoms with E-state index in [0.29, 0.717) is 11.8 Å². The van der Waals surface area contributed by atoms with Gasteiger partial charge < -0.3 is 19.6 Å². The molecule has 0 saturated heterocycles. The van der Waals surface area contributed by atoms with Crippen LogP contribution in [0.3, 0.4) is 0 Å². The molecule has 3 aromatic carbocycles. The Bertz CT molecular complexity index is 1200. The predicted molar refractivity (Wildman–Crippen MR) is 146 cm³/mol. The van der Waals surface area contributed by atoms with E-state index in [0.717, 1.165) is 13.3 Å². The Morgan fingerprint density at radius 2 is 1.32 bits per heavy atom. The van der Waals surface area contributed by atoms with Crippen molar-refractivity contribution in [3.05, 3.63) is 84.2 Å². The van der Waals surface area contributed by atoms with Crippen molar-refractivity contribution in [2.75, 3.05) is 42.1 Å². The highest BCUT2D eigenvalue weighted by atomic mass is 15.4. The van der Waals surface area contributed by atoms with Gasteiger partial charge in [-0.3, -0.25) is 0 Å². The van der Waals surface area contributed by atoms with Gasteiger partial charge >= 0.3 is 0 Å². The molecule has 2 aliphatic rings. The maximum absolute atomic E-state index is 2.44. The molecule has 0 spiro atoms. The van der Waals surface area contributed by atoms with Crippen LogP contribution in [-0.4, -0.2) is 32.3 Å². The summed E-state index contributed by atoms with van der Waals surface area (Å²) in [6.07, 6.45) is 4.33. The smallest absolute Gasteiger partial charge is 0.0950 e. The molecule has 0 saturated carbocycles. The second-order valence-electron chi connectivity index (χ2n) is 10.3. The minimum atomic E-state index is 0.456. The van der Waals surface area contributed by atoms with Crippen molar-refractivity contribution in [2.45, 2.75) is 39.5 Å². The summed E-state index contributed by atoms with van der Waals surface area (Å²) in [6.45, 7) is 10.9. The lowest BCUT2D eigenvalue weighted by molar-refractivity contribution is 0.496. The predicted octanol–water partition coefficient (Wildman–Crippen LogP) is 7.33.